The van der Waals surface area contributed by atoms with Gasteiger partial charge < -0.3 is 4.74 Å². The van der Waals surface area contributed by atoms with Crippen LogP contribution >= 0.6 is 31.9 Å². The van der Waals surface area contributed by atoms with Crippen LogP contribution in [-0.4, -0.2) is 57.9 Å². The molecule has 2 atom stereocenters. The molecule has 0 bridgehead atoms. The van der Waals surface area contributed by atoms with Crippen LogP contribution < -0.4 is 0 Å². The van der Waals surface area contributed by atoms with Crippen molar-refractivity contribution in [2.24, 2.45) is 0 Å². The Bertz CT molecular complexity index is 867. The van der Waals surface area contributed by atoms with Crippen molar-refractivity contribution < 1.29 is 21.6 Å². The molecule has 2 saturated heterocycles. The second-order valence-corrected chi connectivity index (χ2v) is 12.5. The number of halogens is 2. The molecule has 1 aromatic carbocycles. The van der Waals surface area contributed by atoms with Crippen molar-refractivity contribution in [1.29, 1.82) is 0 Å². The molecule has 2 fully saturated rings. The van der Waals surface area contributed by atoms with E-state index in [0.717, 1.165) is 12.8 Å². The topological polar surface area (TPSA) is 80.8 Å². The Balaban J connectivity index is 1.91. The lowest BCUT2D eigenvalue weighted by Gasteiger charge is -2.28. The Kier molecular flexibility index (Phi) is 6.51. The van der Waals surface area contributed by atoms with Gasteiger partial charge in [-0.15, -0.1) is 0 Å². The second-order valence-electron chi connectivity index (χ2n) is 6.67. The molecule has 0 saturated carbocycles. The maximum atomic E-state index is 13.3. The molecule has 1 aromatic rings. The Morgan fingerprint density at radius 1 is 1.23 bits per heavy atom. The van der Waals surface area contributed by atoms with Crippen molar-refractivity contribution in [3.8, 4) is 0 Å². The zero-order chi connectivity index (χ0) is 18.9. The summed E-state index contributed by atoms with van der Waals surface area (Å²) in [5, 5.41) is 0. The molecule has 0 amide bonds. The summed E-state index contributed by atoms with van der Waals surface area (Å²) in [6.45, 7) is 0.957. The Morgan fingerprint density at radius 2 is 2.00 bits per heavy atom. The molecule has 0 aromatic heterocycles. The number of ether oxygens (including phenoxy) is 1. The summed E-state index contributed by atoms with van der Waals surface area (Å²) in [5.74, 6) is -0.0906. The average Bonchev–Trinajstić information content (AvgIpc) is 3.19. The van der Waals surface area contributed by atoms with E-state index in [1.165, 1.54) is 4.31 Å². The fourth-order valence-corrected chi connectivity index (χ4v) is 8.41. The third kappa shape index (κ3) is 4.70. The van der Waals surface area contributed by atoms with Crippen molar-refractivity contribution >= 4 is 51.7 Å². The standard InChI is InChI=1S/C16H21Br2NO5S2/c17-12-3-4-15(18)16(10-12)26(22,23)19(7-5-14-2-1-8-24-14)13-6-9-25(20,21)11-13/h3-4,10,13-14H,1-2,5-9,11H2/t13-,14+/m1/s1. The molecule has 10 heteroatoms. The van der Waals surface area contributed by atoms with Crippen molar-refractivity contribution in [2.75, 3.05) is 24.7 Å². The van der Waals surface area contributed by atoms with Crippen LogP contribution in [0.25, 0.3) is 0 Å². The lowest BCUT2D eigenvalue weighted by Crippen LogP contribution is -2.42. The van der Waals surface area contributed by atoms with Gasteiger partial charge in [0.1, 0.15) is 0 Å². The number of hydrogen-bond acceptors (Lipinski definition) is 5. The molecule has 0 unspecified atom stereocenters. The molecular weight excluding hydrogens is 510 g/mol. The minimum atomic E-state index is -3.84. The number of hydrogen-bond donors (Lipinski definition) is 0. The Morgan fingerprint density at radius 3 is 2.62 bits per heavy atom. The average molecular weight is 531 g/mol. The normalized spacial score (nSPS) is 25.8. The predicted octanol–water partition coefficient (Wildman–Crippen LogP) is 2.96. The number of rotatable bonds is 6. The third-order valence-corrected chi connectivity index (χ3v) is 9.98. The van der Waals surface area contributed by atoms with Gasteiger partial charge in [-0.05, 0) is 59.8 Å². The molecule has 2 heterocycles. The van der Waals surface area contributed by atoms with E-state index in [0.29, 0.717) is 28.4 Å². The lowest BCUT2D eigenvalue weighted by molar-refractivity contribution is 0.0974. The molecule has 2 aliphatic heterocycles. The van der Waals surface area contributed by atoms with Gasteiger partial charge in [0.15, 0.2) is 9.84 Å². The molecule has 0 aliphatic carbocycles. The fraction of sp³-hybridized carbons (Fsp3) is 0.625. The maximum Gasteiger partial charge on any atom is 0.244 e. The van der Waals surface area contributed by atoms with Crippen LogP contribution in [0.4, 0.5) is 0 Å². The first kappa shape index (κ1) is 20.7. The second kappa shape index (κ2) is 8.16. The number of benzene rings is 1. The highest BCUT2D eigenvalue weighted by molar-refractivity contribution is 9.11. The summed E-state index contributed by atoms with van der Waals surface area (Å²) in [4.78, 5) is 0.142. The molecule has 6 nitrogen and oxygen atoms in total. The van der Waals surface area contributed by atoms with Crippen LogP contribution in [0, 0.1) is 0 Å². The summed E-state index contributed by atoms with van der Waals surface area (Å²) < 4.78 is 58.6. The SMILES string of the molecule is O=S1(=O)CC[C@@H](N(CC[C@@H]2CCCO2)S(=O)(=O)c2cc(Br)ccc2Br)C1. The van der Waals surface area contributed by atoms with Gasteiger partial charge in [-0.3, -0.25) is 0 Å². The van der Waals surface area contributed by atoms with E-state index in [4.69, 9.17) is 4.74 Å². The van der Waals surface area contributed by atoms with Gasteiger partial charge in [-0.25, -0.2) is 16.8 Å². The Labute approximate surface area is 171 Å². The number of sulfonamides is 1. The first-order chi connectivity index (χ1) is 12.2. The molecular formula is C16H21Br2NO5S2. The van der Waals surface area contributed by atoms with E-state index < -0.39 is 25.9 Å². The Hall–Kier alpha value is -0.000000000000000111. The smallest absolute Gasteiger partial charge is 0.244 e. The van der Waals surface area contributed by atoms with Crippen LogP contribution in [0.1, 0.15) is 25.7 Å². The molecule has 26 heavy (non-hydrogen) atoms. The van der Waals surface area contributed by atoms with E-state index in [9.17, 15) is 16.8 Å². The first-order valence-corrected chi connectivity index (χ1v) is 13.3. The molecule has 0 spiro atoms. The molecule has 0 radical (unpaired) electrons. The quantitative estimate of drug-likeness (QED) is 0.564. The largest absolute Gasteiger partial charge is 0.378 e. The van der Waals surface area contributed by atoms with Crippen LogP contribution in [0.15, 0.2) is 32.0 Å². The lowest BCUT2D eigenvalue weighted by atomic mass is 10.1. The third-order valence-electron chi connectivity index (χ3n) is 4.79. The predicted molar refractivity (Wildman–Crippen MR) is 106 cm³/mol. The fourth-order valence-electron chi connectivity index (χ4n) is 3.45. The van der Waals surface area contributed by atoms with Crippen LogP contribution in [0.3, 0.4) is 0 Å². The molecule has 0 N–H and O–H groups in total. The summed E-state index contributed by atoms with van der Waals surface area (Å²) in [7, 11) is -7.04. The van der Waals surface area contributed by atoms with E-state index >= 15 is 0 Å². The highest BCUT2D eigenvalue weighted by Gasteiger charge is 2.39. The van der Waals surface area contributed by atoms with Crippen molar-refractivity contribution in [3.05, 3.63) is 27.1 Å². The van der Waals surface area contributed by atoms with Gasteiger partial charge in [0.2, 0.25) is 10.0 Å². The monoisotopic (exact) mass is 529 g/mol. The van der Waals surface area contributed by atoms with Crippen molar-refractivity contribution in [1.82, 2.24) is 4.31 Å². The van der Waals surface area contributed by atoms with Crippen molar-refractivity contribution in [3.63, 3.8) is 0 Å². The summed E-state index contributed by atoms with van der Waals surface area (Å²) in [6.07, 6.45) is 2.83. The molecule has 146 valence electrons. The summed E-state index contributed by atoms with van der Waals surface area (Å²) in [6, 6.07) is 4.43. The van der Waals surface area contributed by atoms with E-state index in [2.05, 4.69) is 31.9 Å². The van der Waals surface area contributed by atoms with Gasteiger partial charge in [0.25, 0.3) is 0 Å². The molecule has 2 aliphatic rings. The molecule has 3 rings (SSSR count). The zero-order valence-electron chi connectivity index (χ0n) is 14.1. The van der Waals surface area contributed by atoms with Gasteiger partial charge in [-0.2, -0.15) is 4.31 Å². The summed E-state index contributed by atoms with van der Waals surface area (Å²) in [5.41, 5.74) is 0. The van der Waals surface area contributed by atoms with Crippen LogP contribution in [0.2, 0.25) is 0 Å². The highest BCUT2D eigenvalue weighted by atomic mass is 79.9. The van der Waals surface area contributed by atoms with Crippen LogP contribution in [0.5, 0.6) is 0 Å². The van der Waals surface area contributed by atoms with Gasteiger partial charge >= 0.3 is 0 Å². The van der Waals surface area contributed by atoms with Gasteiger partial charge in [0.05, 0.1) is 22.5 Å². The first-order valence-electron chi connectivity index (χ1n) is 8.48. The van der Waals surface area contributed by atoms with Crippen molar-refractivity contribution in [2.45, 2.75) is 42.7 Å². The van der Waals surface area contributed by atoms with Gasteiger partial charge in [-0.1, -0.05) is 15.9 Å². The maximum absolute atomic E-state index is 13.3. The number of nitrogens with zero attached hydrogens (tertiary/aromatic N) is 1. The zero-order valence-corrected chi connectivity index (χ0v) is 18.9. The van der Waals surface area contributed by atoms with E-state index in [1.54, 1.807) is 18.2 Å². The minimum Gasteiger partial charge on any atom is -0.378 e. The summed E-state index contributed by atoms with van der Waals surface area (Å²) >= 11 is 6.63. The van der Waals surface area contributed by atoms with E-state index in [1.807, 2.05) is 0 Å². The number of sulfone groups is 1. The van der Waals surface area contributed by atoms with E-state index in [-0.39, 0.29) is 29.0 Å². The van der Waals surface area contributed by atoms with Crippen LogP contribution in [-0.2, 0) is 24.6 Å². The minimum absolute atomic E-state index is 0.0310. The van der Waals surface area contributed by atoms with Gasteiger partial charge in [0, 0.05) is 28.1 Å². The highest BCUT2D eigenvalue weighted by Crippen LogP contribution is 2.32.